The molecule has 0 aromatic heterocycles. The minimum atomic E-state index is -0.312. The Morgan fingerprint density at radius 2 is 1.95 bits per heavy atom. The zero-order valence-electron chi connectivity index (χ0n) is 12.9. The third kappa shape index (κ3) is 5.93. The van der Waals surface area contributed by atoms with Crippen molar-refractivity contribution < 1.29 is 4.79 Å². The molecule has 3 N–H and O–H groups in total. The fraction of sp³-hybridized carbons (Fsp3) is 0.562. The van der Waals surface area contributed by atoms with E-state index in [2.05, 4.69) is 19.2 Å². The number of amides is 1. The minimum absolute atomic E-state index is 0. The summed E-state index contributed by atoms with van der Waals surface area (Å²) in [5, 5.41) is 3.09. The first-order chi connectivity index (χ1) is 8.86. The van der Waals surface area contributed by atoms with Gasteiger partial charge in [0.25, 0.3) is 0 Å². The standard InChI is InChI=1S/C16H26N2O.ClH/c1-12(2)10-16(4,11-17)18-15(19)9-14-8-6-5-7-13(14)3;/h5-8,12H,9-11,17H2,1-4H3,(H,18,19);1H. The van der Waals surface area contributed by atoms with E-state index < -0.39 is 0 Å². The van der Waals surface area contributed by atoms with Crippen molar-refractivity contribution in [2.75, 3.05) is 6.54 Å². The van der Waals surface area contributed by atoms with Crippen LogP contribution in [0.25, 0.3) is 0 Å². The summed E-state index contributed by atoms with van der Waals surface area (Å²) >= 11 is 0. The minimum Gasteiger partial charge on any atom is -0.349 e. The molecule has 0 spiro atoms. The van der Waals surface area contributed by atoms with Gasteiger partial charge in [0.05, 0.1) is 6.42 Å². The van der Waals surface area contributed by atoms with Crippen LogP contribution >= 0.6 is 12.4 Å². The first kappa shape index (κ1) is 18.9. The lowest BCUT2D eigenvalue weighted by molar-refractivity contribution is -0.122. The zero-order valence-corrected chi connectivity index (χ0v) is 13.7. The van der Waals surface area contributed by atoms with Gasteiger partial charge in [-0.15, -0.1) is 12.4 Å². The molecule has 0 aliphatic heterocycles. The van der Waals surface area contributed by atoms with Crippen molar-refractivity contribution in [2.24, 2.45) is 11.7 Å². The van der Waals surface area contributed by atoms with Crippen molar-refractivity contribution in [1.29, 1.82) is 0 Å². The molecule has 0 aliphatic carbocycles. The van der Waals surface area contributed by atoms with Gasteiger partial charge in [0.15, 0.2) is 0 Å². The van der Waals surface area contributed by atoms with E-state index in [-0.39, 0.29) is 23.9 Å². The molecule has 1 atom stereocenters. The van der Waals surface area contributed by atoms with Gasteiger partial charge >= 0.3 is 0 Å². The second kappa shape index (κ2) is 8.28. The quantitative estimate of drug-likeness (QED) is 0.848. The molecule has 1 unspecified atom stereocenters. The van der Waals surface area contributed by atoms with E-state index in [4.69, 9.17) is 5.73 Å². The first-order valence-electron chi connectivity index (χ1n) is 6.92. The number of carbonyl (C=O) groups excluding carboxylic acids is 1. The number of nitrogens with one attached hydrogen (secondary N) is 1. The highest BCUT2D eigenvalue weighted by atomic mass is 35.5. The van der Waals surface area contributed by atoms with Gasteiger partial charge in [-0.2, -0.15) is 0 Å². The van der Waals surface area contributed by atoms with Crippen molar-refractivity contribution in [3.63, 3.8) is 0 Å². The van der Waals surface area contributed by atoms with Crippen molar-refractivity contribution in [2.45, 2.75) is 46.1 Å². The van der Waals surface area contributed by atoms with E-state index in [1.807, 2.05) is 38.1 Å². The molecule has 0 heterocycles. The second-order valence-corrected chi connectivity index (χ2v) is 6.01. The largest absolute Gasteiger partial charge is 0.349 e. The number of halogens is 1. The molecule has 114 valence electrons. The molecule has 0 saturated carbocycles. The van der Waals surface area contributed by atoms with Crippen LogP contribution < -0.4 is 11.1 Å². The van der Waals surface area contributed by atoms with Crippen LogP contribution in [0.3, 0.4) is 0 Å². The van der Waals surface area contributed by atoms with Gasteiger partial charge < -0.3 is 11.1 Å². The maximum atomic E-state index is 12.2. The van der Waals surface area contributed by atoms with Crippen LogP contribution in [-0.4, -0.2) is 18.0 Å². The van der Waals surface area contributed by atoms with E-state index >= 15 is 0 Å². The summed E-state index contributed by atoms with van der Waals surface area (Å²) in [7, 11) is 0. The zero-order chi connectivity index (χ0) is 14.5. The molecule has 3 nitrogen and oxygen atoms in total. The average Bonchev–Trinajstić information content (AvgIpc) is 2.31. The van der Waals surface area contributed by atoms with E-state index in [0.29, 0.717) is 18.9 Å². The van der Waals surface area contributed by atoms with Crippen molar-refractivity contribution in [1.82, 2.24) is 5.32 Å². The summed E-state index contributed by atoms with van der Waals surface area (Å²) < 4.78 is 0. The molecule has 20 heavy (non-hydrogen) atoms. The molecule has 0 bridgehead atoms. The molecule has 1 rings (SSSR count). The number of hydrogen-bond donors (Lipinski definition) is 2. The summed E-state index contributed by atoms with van der Waals surface area (Å²) in [6.45, 7) is 8.79. The lowest BCUT2D eigenvalue weighted by Crippen LogP contribution is -2.52. The number of hydrogen-bond acceptors (Lipinski definition) is 2. The average molecular weight is 299 g/mol. The summed E-state index contributed by atoms with van der Waals surface area (Å²) in [5.41, 5.74) is 7.72. The highest BCUT2D eigenvalue weighted by Crippen LogP contribution is 2.16. The number of aryl methyl sites for hydroxylation is 1. The summed E-state index contributed by atoms with van der Waals surface area (Å²) in [5.74, 6) is 0.551. The Bertz CT molecular complexity index is 434. The van der Waals surface area contributed by atoms with E-state index in [1.165, 1.54) is 0 Å². The summed E-state index contributed by atoms with van der Waals surface area (Å²) in [4.78, 5) is 12.2. The lowest BCUT2D eigenvalue weighted by atomic mass is 9.90. The summed E-state index contributed by atoms with van der Waals surface area (Å²) in [6.07, 6.45) is 1.31. The molecule has 0 fully saturated rings. The lowest BCUT2D eigenvalue weighted by Gasteiger charge is -2.31. The summed E-state index contributed by atoms with van der Waals surface area (Å²) in [6, 6.07) is 7.97. The Labute approximate surface area is 128 Å². The first-order valence-corrected chi connectivity index (χ1v) is 6.92. The maximum absolute atomic E-state index is 12.2. The Hall–Kier alpha value is -1.06. The molecule has 4 heteroatoms. The molecular formula is C16H27ClN2O. The Kier molecular flexibility index (Phi) is 7.84. The Morgan fingerprint density at radius 3 is 2.45 bits per heavy atom. The van der Waals surface area contributed by atoms with Crippen LogP contribution in [0.1, 0.15) is 38.3 Å². The Morgan fingerprint density at radius 1 is 1.35 bits per heavy atom. The number of benzene rings is 1. The fourth-order valence-corrected chi connectivity index (χ4v) is 2.45. The van der Waals surface area contributed by atoms with Crippen LogP contribution in [0, 0.1) is 12.8 Å². The maximum Gasteiger partial charge on any atom is 0.224 e. The van der Waals surface area contributed by atoms with Crippen LogP contribution in [0.15, 0.2) is 24.3 Å². The van der Waals surface area contributed by atoms with E-state index in [1.54, 1.807) is 0 Å². The van der Waals surface area contributed by atoms with Gasteiger partial charge in [0.1, 0.15) is 0 Å². The van der Waals surface area contributed by atoms with Gasteiger partial charge in [0, 0.05) is 12.1 Å². The SMILES string of the molecule is Cc1ccccc1CC(=O)NC(C)(CN)CC(C)C.Cl. The second-order valence-electron chi connectivity index (χ2n) is 6.01. The number of nitrogens with two attached hydrogens (primary N) is 1. The molecule has 0 aliphatic rings. The molecule has 0 saturated heterocycles. The van der Waals surface area contributed by atoms with Crippen molar-refractivity contribution in [3.8, 4) is 0 Å². The molecule has 1 amide bonds. The number of carbonyl (C=O) groups is 1. The van der Waals surface area contributed by atoms with Gasteiger partial charge in [-0.1, -0.05) is 38.1 Å². The third-order valence-electron chi connectivity index (χ3n) is 3.36. The van der Waals surface area contributed by atoms with Crippen LogP contribution in [0.2, 0.25) is 0 Å². The topological polar surface area (TPSA) is 55.1 Å². The highest BCUT2D eigenvalue weighted by Gasteiger charge is 2.25. The van der Waals surface area contributed by atoms with E-state index in [9.17, 15) is 4.79 Å². The van der Waals surface area contributed by atoms with Crippen LogP contribution in [0.4, 0.5) is 0 Å². The van der Waals surface area contributed by atoms with Gasteiger partial charge in [-0.25, -0.2) is 0 Å². The fourth-order valence-electron chi connectivity index (χ4n) is 2.45. The van der Waals surface area contributed by atoms with Gasteiger partial charge in [-0.05, 0) is 37.3 Å². The molecule has 0 radical (unpaired) electrons. The molecule has 1 aromatic rings. The van der Waals surface area contributed by atoms with E-state index in [0.717, 1.165) is 17.5 Å². The van der Waals surface area contributed by atoms with Gasteiger partial charge in [-0.3, -0.25) is 4.79 Å². The van der Waals surface area contributed by atoms with Crippen LogP contribution in [0.5, 0.6) is 0 Å². The Balaban J connectivity index is 0.00000361. The predicted molar refractivity (Wildman–Crippen MR) is 87.2 cm³/mol. The monoisotopic (exact) mass is 298 g/mol. The number of rotatable bonds is 6. The third-order valence-corrected chi connectivity index (χ3v) is 3.36. The van der Waals surface area contributed by atoms with Gasteiger partial charge in [0.2, 0.25) is 5.91 Å². The molecular weight excluding hydrogens is 272 g/mol. The molecule has 1 aromatic carbocycles. The smallest absolute Gasteiger partial charge is 0.224 e. The van der Waals surface area contributed by atoms with Crippen molar-refractivity contribution >= 4 is 18.3 Å². The van der Waals surface area contributed by atoms with Crippen LogP contribution in [-0.2, 0) is 11.2 Å². The predicted octanol–water partition coefficient (Wildman–Crippen LogP) is 2.84. The normalized spacial score (nSPS) is 13.5. The van der Waals surface area contributed by atoms with Crippen molar-refractivity contribution in [3.05, 3.63) is 35.4 Å². The highest BCUT2D eigenvalue weighted by molar-refractivity contribution is 5.85.